The summed E-state index contributed by atoms with van der Waals surface area (Å²) in [5.74, 6) is 1.05. The average Bonchev–Trinajstić information content (AvgIpc) is 2.78. The molecule has 2 aromatic heterocycles. The lowest BCUT2D eigenvalue weighted by Crippen LogP contribution is -2.08. The predicted octanol–water partition coefficient (Wildman–Crippen LogP) is 1.85. The summed E-state index contributed by atoms with van der Waals surface area (Å²) in [7, 11) is 0. The van der Waals surface area contributed by atoms with E-state index in [2.05, 4.69) is 15.1 Å². The van der Waals surface area contributed by atoms with Crippen molar-refractivity contribution in [1.82, 2.24) is 15.1 Å². The second-order valence-electron chi connectivity index (χ2n) is 3.66. The zero-order chi connectivity index (χ0) is 11.5. The lowest BCUT2D eigenvalue weighted by atomic mass is 10.1. The first-order chi connectivity index (χ1) is 7.72. The fourth-order valence-electron chi connectivity index (χ4n) is 1.39. The lowest BCUT2D eigenvalue weighted by Gasteiger charge is -2.00. The van der Waals surface area contributed by atoms with E-state index in [0.29, 0.717) is 11.7 Å². The van der Waals surface area contributed by atoms with E-state index in [1.807, 2.05) is 19.9 Å². The maximum absolute atomic E-state index is 5.82. The summed E-state index contributed by atoms with van der Waals surface area (Å²) < 4.78 is 5.12. The summed E-state index contributed by atoms with van der Waals surface area (Å²) in [4.78, 5) is 8.30. The monoisotopic (exact) mass is 218 g/mol. The molecule has 2 N–H and O–H groups in total. The third kappa shape index (κ3) is 1.94. The number of rotatable bonds is 3. The highest BCUT2D eigenvalue weighted by Gasteiger charge is 2.14. The number of aromatic nitrogens is 3. The van der Waals surface area contributed by atoms with Crippen LogP contribution in [0.25, 0.3) is 11.4 Å². The molecule has 0 radical (unpaired) electrons. The van der Waals surface area contributed by atoms with Gasteiger partial charge < -0.3 is 10.3 Å². The molecule has 0 amide bonds. The van der Waals surface area contributed by atoms with Crippen molar-refractivity contribution in [2.45, 2.75) is 26.3 Å². The molecule has 5 heteroatoms. The minimum atomic E-state index is -0.191. The maximum atomic E-state index is 5.82. The van der Waals surface area contributed by atoms with Gasteiger partial charge in [0, 0.05) is 18.0 Å². The normalized spacial score (nSPS) is 12.7. The minimum absolute atomic E-state index is 0.191. The predicted molar refractivity (Wildman–Crippen MR) is 59.5 cm³/mol. The Bertz CT molecular complexity index is 480. The second-order valence-corrected chi connectivity index (χ2v) is 3.66. The molecule has 16 heavy (non-hydrogen) atoms. The van der Waals surface area contributed by atoms with Crippen LogP contribution in [0, 0.1) is 6.92 Å². The first-order valence-electron chi connectivity index (χ1n) is 5.22. The zero-order valence-electron chi connectivity index (χ0n) is 9.34. The molecule has 0 aliphatic heterocycles. The molecule has 84 valence electrons. The van der Waals surface area contributed by atoms with Crippen molar-refractivity contribution in [3.8, 4) is 11.4 Å². The molecule has 2 heterocycles. The van der Waals surface area contributed by atoms with E-state index in [0.717, 1.165) is 17.5 Å². The van der Waals surface area contributed by atoms with E-state index in [1.54, 1.807) is 12.4 Å². The highest BCUT2D eigenvalue weighted by molar-refractivity contribution is 5.57. The van der Waals surface area contributed by atoms with Crippen molar-refractivity contribution in [1.29, 1.82) is 0 Å². The van der Waals surface area contributed by atoms with Crippen LogP contribution < -0.4 is 5.73 Å². The highest BCUT2D eigenvalue weighted by Crippen LogP contribution is 2.21. The van der Waals surface area contributed by atoms with E-state index in [9.17, 15) is 0 Å². The number of aryl methyl sites for hydroxylation is 1. The van der Waals surface area contributed by atoms with Crippen molar-refractivity contribution in [3.05, 3.63) is 29.9 Å². The van der Waals surface area contributed by atoms with Gasteiger partial charge in [-0.25, -0.2) is 0 Å². The Morgan fingerprint density at radius 3 is 3.00 bits per heavy atom. The Kier molecular flexibility index (Phi) is 2.96. The number of pyridine rings is 1. The number of nitrogens with zero attached hydrogens (tertiary/aromatic N) is 3. The maximum Gasteiger partial charge on any atom is 0.243 e. The van der Waals surface area contributed by atoms with Crippen molar-refractivity contribution >= 4 is 0 Å². The molecule has 0 saturated heterocycles. The van der Waals surface area contributed by atoms with Gasteiger partial charge >= 0.3 is 0 Å². The zero-order valence-corrected chi connectivity index (χ0v) is 9.34. The molecule has 0 unspecified atom stereocenters. The molecule has 0 aromatic carbocycles. The van der Waals surface area contributed by atoms with Crippen LogP contribution in [0.3, 0.4) is 0 Å². The van der Waals surface area contributed by atoms with Crippen LogP contribution in [0.15, 0.2) is 23.0 Å². The van der Waals surface area contributed by atoms with Gasteiger partial charge in [0.05, 0.1) is 6.04 Å². The number of nitrogens with two attached hydrogens (primary N) is 1. The fourth-order valence-corrected chi connectivity index (χ4v) is 1.39. The molecule has 2 rings (SSSR count). The number of hydrogen-bond acceptors (Lipinski definition) is 5. The van der Waals surface area contributed by atoms with Gasteiger partial charge in [-0.15, -0.1) is 0 Å². The summed E-state index contributed by atoms with van der Waals surface area (Å²) in [5.41, 5.74) is 7.75. The van der Waals surface area contributed by atoms with Gasteiger partial charge in [0.15, 0.2) is 0 Å². The van der Waals surface area contributed by atoms with Gasteiger partial charge in [-0.05, 0) is 25.0 Å². The standard InChI is InChI=1S/C11H14N4O/c1-3-9(12)11-14-10(15-16-11)8-4-5-13-6-7(8)2/h4-6,9H,3,12H2,1-2H3/t9-/m1/s1. The summed E-state index contributed by atoms with van der Waals surface area (Å²) in [6.07, 6.45) is 4.25. The first kappa shape index (κ1) is 10.8. The Morgan fingerprint density at radius 2 is 2.31 bits per heavy atom. The van der Waals surface area contributed by atoms with E-state index in [-0.39, 0.29) is 6.04 Å². The Morgan fingerprint density at radius 1 is 1.50 bits per heavy atom. The summed E-state index contributed by atoms with van der Waals surface area (Å²) in [6.45, 7) is 3.93. The Balaban J connectivity index is 2.35. The third-order valence-corrected chi connectivity index (χ3v) is 2.46. The molecule has 2 aromatic rings. The molecule has 0 fully saturated rings. The van der Waals surface area contributed by atoms with Gasteiger partial charge in [0.2, 0.25) is 11.7 Å². The van der Waals surface area contributed by atoms with Crippen LogP contribution >= 0.6 is 0 Å². The molecule has 1 atom stereocenters. The van der Waals surface area contributed by atoms with E-state index in [4.69, 9.17) is 10.3 Å². The van der Waals surface area contributed by atoms with E-state index in [1.165, 1.54) is 0 Å². The van der Waals surface area contributed by atoms with Crippen LogP contribution in [0.2, 0.25) is 0 Å². The van der Waals surface area contributed by atoms with E-state index < -0.39 is 0 Å². The van der Waals surface area contributed by atoms with Gasteiger partial charge in [-0.1, -0.05) is 12.1 Å². The molecule has 0 saturated carbocycles. The SMILES string of the molecule is CC[C@@H](N)c1nc(-c2ccncc2C)no1. The number of hydrogen-bond donors (Lipinski definition) is 1. The summed E-state index contributed by atoms with van der Waals surface area (Å²) in [6, 6.07) is 1.67. The van der Waals surface area contributed by atoms with Gasteiger partial charge in [-0.3, -0.25) is 4.98 Å². The Hall–Kier alpha value is -1.75. The third-order valence-electron chi connectivity index (χ3n) is 2.46. The van der Waals surface area contributed by atoms with Gasteiger partial charge in [0.25, 0.3) is 0 Å². The topological polar surface area (TPSA) is 77.8 Å². The summed E-state index contributed by atoms with van der Waals surface area (Å²) in [5, 5.41) is 3.92. The molecule has 5 nitrogen and oxygen atoms in total. The van der Waals surface area contributed by atoms with Crippen LogP contribution in [0.5, 0.6) is 0 Å². The van der Waals surface area contributed by atoms with Gasteiger partial charge in [-0.2, -0.15) is 4.98 Å². The molecular weight excluding hydrogens is 204 g/mol. The Labute approximate surface area is 93.7 Å². The first-order valence-corrected chi connectivity index (χ1v) is 5.22. The average molecular weight is 218 g/mol. The lowest BCUT2D eigenvalue weighted by molar-refractivity contribution is 0.352. The smallest absolute Gasteiger partial charge is 0.243 e. The summed E-state index contributed by atoms with van der Waals surface area (Å²) >= 11 is 0. The van der Waals surface area contributed by atoms with Crippen LogP contribution in [-0.2, 0) is 0 Å². The van der Waals surface area contributed by atoms with E-state index >= 15 is 0 Å². The molecular formula is C11H14N4O. The highest BCUT2D eigenvalue weighted by atomic mass is 16.5. The van der Waals surface area contributed by atoms with Crippen molar-refractivity contribution in [3.63, 3.8) is 0 Å². The minimum Gasteiger partial charge on any atom is -0.337 e. The largest absolute Gasteiger partial charge is 0.337 e. The quantitative estimate of drug-likeness (QED) is 0.850. The van der Waals surface area contributed by atoms with Crippen LogP contribution in [-0.4, -0.2) is 15.1 Å². The molecule has 0 aliphatic carbocycles. The fraction of sp³-hybridized carbons (Fsp3) is 0.364. The van der Waals surface area contributed by atoms with Crippen molar-refractivity contribution in [2.75, 3.05) is 0 Å². The molecule has 0 aliphatic rings. The van der Waals surface area contributed by atoms with Gasteiger partial charge in [0.1, 0.15) is 0 Å². The van der Waals surface area contributed by atoms with Crippen molar-refractivity contribution in [2.24, 2.45) is 5.73 Å². The van der Waals surface area contributed by atoms with Crippen LogP contribution in [0.1, 0.15) is 30.8 Å². The van der Waals surface area contributed by atoms with Crippen LogP contribution in [0.4, 0.5) is 0 Å². The molecule has 0 spiro atoms. The molecule has 0 bridgehead atoms. The second kappa shape index (κ2) is 4.40. The van der Waals surface area contributed by atoms with Crippen molar-refractivity contribution < 1.29 is 4.52 Å².